The summed E-state index contributed by atoms with van der Waals surface area (Å²) in [5.74, 6) is 0.772. The predicted molar refractivity (Wildman–Crippen MR) is 116 cm³/mol. The molecule has 25 heavy (non-hydrogen) atoms. The molecule has 2 nitrogen and oxygen atoms in total. The highest BCUT2D eigenvalue weighted by Crippen LogP contribution is 2.36. The maximum atomic E-state index is 3.51. The Balaban J connectivity index is 0.00000288. The van der Waals surface area contributed by atoms with E-state index in [4.69, 9.17) is 0 Å². The molecule has 0 radical (unpaired) electrons. The third kappa shape index (κ3) is 5.60. The largest absolute Gasteiger partial charge is 0.314 e. The van der Waals surface area contributed by atoms with Crippen molar-refractivity contribution in [2.75, 3.05) is 26.2 Å². The number of nitrogens with zero attached hydrogens (tertiary/aromatic N) is 1. The lowest BCUT2D eigenvalue weighted by Gasteiger charge is -2.38. The first-order valence-corrected chi connectivity index (χ1v) is 9.36. The molecule has 1 atom stereocenters. The fraction of sp³-hybridized carbons (Fsp3) is 0.714. The van der Waals surface area contributed by atoms with Crippen molar-refractivity contribution in [2.24, 2.45) is 5.92 Å². The first-order valence-electron chi connectivity index (χ1n) is 9.36. The van der Waals surface area contributed by atoms with Gasteiger partial charge in [-0.05, 0) is 86.8 Å². The van der Waals surface area contributed by atoms with Crippen LogP contribution in [0, 0.1) is 40.5 Å². The molecular weight excluding hydrogens is 351 g/mol. The van der Waals surface area contributed by atoms with Crippen LogP contribution in [-0.4, -0.2) is 31.1 Å². The first kappa shape index (κ1) is 24.7. The Morgan fingerprint density at radius 1 is 0.760 bits per heavy atom. The van der Waals surface area contributed by atoms with E-state index in [2.05, 4.69) is 58.7 Å². The van der Waals surface area contributed by atoms with E-state index in [9.17, 15) is 0 Å². The number of hydrogen-bond donors (Lipinski definition) is 1. The molecule has 1 fully saturated rings. The summed E-state index contributed by atoms with van der Waals surface area (Å²) in [4.78, 5) is 2.72. The summed E-state index contributed by atoms with van der Waals surface area (Å²) >= 11 is 0. The summed E-state index contributed by atoms with van der Waals surface area (Å²) < 4.78 is 0. The van der Waals surface area contributed by atoms with Gasteiger partial charge in [0.15, 0.2) is 0 Å². The molecule has 4 heteroatoms. The van der Waals surface area contributed by atoms with Gasteiger partial charge < -0.3 is 5.32 Å². The van der Waals surface area contributed by atoms with E-state index in [0.717, 1.165) is 19.0 Å². The second-order valence-corrected chi connectivity index (χ2v) is 7.81. The minimum Gasteiger partial charge on any atom is -0.314 e. The molecule has 1 aromatic rings. The van der Waals surface area contributed by atoms with Gasteiger partial charge in [-0.3, -0.25) is 4.90 Å². The Bertz CT molecular complexity index is 520. The van der Waals surface area contributed by atoms with E-state index in [1.807, 2.05) is 0 Å². The van der Waals surface area contributed by atoms with E-state index in [0.29, 0.717) is 6.04 Å². The molecule has 0 spiro atoms. The number of nitrogens with one attached hydrogen (secondary N) is 1. The zero-order chi connectivity index (χ0) is 17.1. The fourth-order valence-electron chi connectivity index (χ4n) is 4.02. The van der Waals surface area contributed by atoms with Gasteiger partial charge in [-0.15, -0.1) is 24.8 Å². The fourth-order valence-corrected chi connectivity index (χ4v) is 4.02. The molecule has 146 valence electrons. The van der Waals surface area contributed by atoms with E-state index < -0.39 is 0 Å². The summed E-state index contributed by atoms with van der Waals surface area (Å²) in [6.45, 7) is 20.9. The van der Waals surface area contributed by atoms with Crippen LogP contribution in [-0.2, 0) is 0 Å². The van der Waals surface area contributed by atoms with E-state index in [-0.39, 0.29) is 24.8 Å². The van der Waals surface area contributed by atoms with Gasteiger partial charge in [-0.2, -0.15) is 0 Å². The van der Waals surface area contributed by atoms with Gasteiger partial charge >= 0.3 is 0 Å². The summed E-state index contributed by atoms with van der Waals surface area (Å²) in [6, 6.07) is 0.581. The molecule has 0 aromatic heterocycles. The van der Waals surface area contributed by atoms with Crippen LogP contribution in [0.25, 0.3) is 0 Å². The topological polar surface area (TPSA) is 15.3 Å². The number of hydrogen-bond acceptors (Lipinski definition) is 2. The predicted octanol–water partition coefficient (Wildman–Crippen LogP) is 5.45. The van der Waals surface area contributed by atoms with Crippen LogP contribution in [0.15, 0.2) is 0 Å². The SMILES string of the molecule is Cc1c(C)c(C)c([C@@H](CCC(C)C)N2CCNCC2)c(C)c1C.Cl.Cl. The van der Waals surface area contributed by atoms with Gasteiger partial charge in [-0.1, -0.05) is 13.8 Å². The van der Waals surface area contributed by atoms with Crippen LogP contribution in [0.2, 0.25) is 0 Å². The normalized spacial score (nSPS) is 16.3. The molecule has 1 aliphatic rings. The van der Waals surface area contributed by atoms with E-state index in [1.165, 1.54) is 53.7 Å². The number of halogens is 2. The van der Waals surface area contributed by atoms with Crippen molar-refractivity contribution in [1.82, 2.24) is 10.2 Å². The number of rotatable bonds is 5. The average Bonchev–Trinajstić information content (AvgIpc) is 2.54. The smallest absolute Gasteiger partial charge is 0.0354 e. The molecule has 2 rings (SSSR count). The second kappa shape index (κ2) is 10.8. The van der Waals surface area contributed by atoms with Gasteiger partial charge in [0.1, 0.15) is 0 Å². The van der Waals surface area contributed by atoms with Crippen LogP contribution in [0.3, 0.4) is 0 Å². The third-order valence-electron chi connectivity index (χ3n) is 6.00. The molecule has 1 saturated heterocycles. The summed E-state index contributed by atoms with van der Waals surface area (Å²) in [5, 5.41) is 3.51. The Kier molecular flexibility index (Phi) is 10.6. The van der Waals surface area contributed by atoms with Crippen molar-refractivity contribution in [3.05, 3.63) is 33.4 Å². The van der Waals surface area contributed by atoms with Gasteiger partial charge in [0, 0.05) is 32.2 Å². The van der Waals surface area contributed by atoms with Crippen molar-refractivity contribution in [2.45, 2.75) is 67.3 Å². The maximum Gasteiger partial charge on any atom is 0.0354 e. The van der Waals surface area contributed by atoms with Gasteiger partial charge in [0.05, 0.1) is 0 Å². The molecule has 1 aliphatic heterocycles. The Morgan fingerprint density at radius 2 is 1.20 bits per heavy atom. The number of benzene rings is 1. The van der Waals surface area contributed by atoms with Crippen LogP contribution in [0.4, 0.5) is 0 Å². The lowest BCUT2D eigenvalue weighted by atomic mass is 9.83. The van der Waals surface area contributed by atoms with Gasteiger partial charge in [-0.25, -0.2) is 0 Å². The van der Waals surface area contributed by atoms with E-state index in [1.54, 1.807) is 5.56 Å². The zero-order valence-corrected chi connectivity index (χ0v) is 18.8. The van der Waals surface area contributed by atoms with Crippen molar-refractivity contribution < 1.29 is 0 Å². The average molecular weight is 389 g/mol. The molecule has 0 bridgehead atoms. The summed E-state index contributed by atoms with van der Waals surface area (Å²) in [5.41, 5.74) is 9.14. The van der Waals surface area contributed by atoms with Gasteiger partial charge in [0.2, 0.25) is 0 Å². The highest BCUT2D eigenvalue weighted by Gasteiger charge is 2.26. The molecule has 1 aromatic carbocycles. The van der Waals surface area contributed by atoms with Crippen LogP contribution in [0.1, 0.15) is 66.1 Å². The number of piperazine rings is 1. The Morgan fingerprint density at radius 3 is 1.64 bits per heavy atom. The highest BCUT2D eigenvalue weighted by atomic mass is 35.5. The lowest BCUT2D eigenvalue weighted by Crippen LogP contribution is -2.45. The minimum atomic E-state index is 0. The molecule has 1 N–H and O–H groups in total. The molecule has 0 amide bonds. The monoisotopic (exact) mass is 388 g/mol. The van der Waals surface area contributed by atoms with Crippen LogP contribution in [0.5, 0.6) is 0 Å². The van der Waals surface area contributed by atoms with Crippen molar-refractivity contribution in [3.63, 3.8) is 0 Å². The highest BCUT2D eigenvalue weighted by molar-refractivity contribution is 5.85. The van der Waals surface area contributed by atoms with Crippen molar-refractivity contribution in [1.29, 1.82) is 0 Å². The molecular formula is C21H38Cl2N2. The zero-order valence-electron chi connectivity index (χ0n) is 17.2. The standard InChI is InChI=1S/C21H36N2.2ClH/c1-14(2)8-9-20(23-12-10-22-11-13-23)21-18(6)16(4)15(3)17(5)19(21)7;;/h14,20,22H,8-13H2,1-7H3;2*1H/t20-;;/m1../s1. The van der Waals surface area contributed by atoms with Crippen molar-refractivity contribution in [3.8, 4) is 0 Å². The van der Waals surface area contributed by atoms with Crippen molar-refractivity contribution >= 4 is 24.8 Å². The Labute approximate surface area is 168 Å². The quantitative estimate of drug-likeness (QED) is 0.720. The Hall–Kier alpha value is -0.280. The molecule has 1 heterocycles. The second-order valence-electron chi connectivity index (χ2n) is 7.81. The third-order valence-corrected chi connectivity index (χ3v) is 6.00. The van der Waals surface area contributed by atoms with Crippen LogP contribution < -0.4 is 5.32 Å². The molecule has 0 unspecified atom stereocenters. The summed E-state index contributed by atoms with van der Waals surface area (Å²) in [6.07, 6.45) is 2.58. The maximum absolute atomic E-state index is 3.51. The first-order chi connectivity index (χ1) is 10.8. The molecule has 0 aliphatic carbocycles. The summed E-state index contributed by atoms with van der Waals surface area (Å²) in [7, 11) is 0. The van der Waals surface area contributed by atoms with Crippen LogP contribution >= 0.6 is 24.8 Å². The minimum absolute atomic E-state index is 0. The van der Waals surface area contributed by atoms with Gasteiger partial charge in [0.25, 0.3) is 0 Å². The molecule has 0 saturated carbocycles. The van der Waals surface area contributed by atoms with E-state index >= 15 is 0 Å². The lowest BCUT2D eigenvalue weighted by molar-refractivity contribution is 0.158.